The molecule has 1 aromatic heterocycles. The van der Waals surface area contributed by atoms with Gasteiger partial charge in [0, 0.05) is 11.1 Å². The average Bonchev–Trinajstić information content (AvgIpc) is 2.75. The summed E-state index contributed by atoms with van der Waals surface area (Å²) in [6, 6.07) is -0.0679. The van der Waals surface area contributed by atoms with Gasteiger partial charge in [-0.15, -0.1) is 11.3 Å². The highest BCUT2D eigenvalue weighted by Crippen LogP contribution is 2.20. The summed E-state index contributed by atoms with van der Waals surface area (Å²) in [6.07, 6.45) is 4.16. The lowest BCUT2D eigenvalue weighted by molar-refractivity contribution is -0.121. The molecule has 100 valence electrons. The van der Waals surface area contributed by atoms with Crippen LogP contribution in [0.1, 0.15) is 31.6 Å². The van der Waals surface area contributed by atoms with E-state index in [-0.39, 0.29) is 11.9 Å². The zero-order valence-electron chi connectivity index (χ0n) is 11.3. The van der Waals surface area contributed by atoms with Gasteiger partial charge in [0.1, 0.15) is 0 Å². The minimum atomic E-state index is -0.0679. The van der Waals surface area contributed by atoms with Crippen LogP contribution in [0, 0.1) is 12.8 Å². The second-order valence-corrected chi connectivity index (χ2v) is 6.39. The van der Waals surface area contributed by atoms with Crippen molar-refractivity contribution in [2.24, 2.45) is 5.92 Å². The molecule has 1 atom stereocenters. The van der Waals surface area contributed by atoms with E-state index in [1.54, 1.807) is 6.20 Å². The Morgan fingerprint density at radius 2 is 2.22 bits per heavy atom. The average molecular weight is 267 g/mol. The minimum Gasteiger partial charge on any atom is -0.301 e. The summed E-state index contributed by atoms with van der Waals surface area (Å²) in [5, 5.41) is 3.60. The fourth-order valence-corrected chi connectivity index (χ4v) is 2.87. The standard InChI is InChI=1S/C13H21N3OS/c1-9-4-6-16(7-5-9)11(3)12(17)15-13-14-8-10(2)18-13/h8-9,11H,4-7H2,1-3H3,(H,14,15,17)/t11-/m1/s1. The molecule has 0 aliphatic carbocycles. The summed E-state index contributed by atoms with van der Waals surface area (Å²) >= 11 is 1.52. The molecule has 1 saturated heterocycles. The fraction of sp³-hybridized carbons (Fsp3) is 0.692. The maximum absolute atomic E-state index is 12.1. The number of nitrogens with one attached hydrogen (secondary N) is 1. The quantitative estimate of drug-likeness (QED) is 0.915. The Morgan fingerprint density at radius 3 is 2.78 bits per heavy atom. The van der Waals surface area contributed by atoms with Crippen LogP contribution < -0.4 is 5.32 Å². The molecule has 0 saturated carbocycles. The van der Waals surface area contributed by atoms with Crippen LogP contribution in [0.15, 0.2) is 6.20 Å². The Kier molecular flexibility index (Phi) is 4.35. The number of nitrogens with zero attached hydrogens (tertiary/aromatic N) is 2. The SMILES string of the molecule is Cc1cnc(NC(=O)[C@@H](C)N2CCC(C)CC2)s1. The molecule has 0 radical (unpaired) electrons. The number of aromatic nitrogens is 1. The number of amides is 1. The molecule has 1 aliphatic rings. The second-order valence-electron chi connectivity index (χ2n) is 5.16. The van der Waals surface area contributed by atoms with Crippen LogP contribution in [0.5, 0.6) is 0 Å². The fourth-order valence-electron chi connectivity index (χ4n) is 2.20. The van der Waals surface area contributed by atoms with Gasteiger partial charge in [-0.1, -0.05) is 6.92 Å². The predicted octanol–water partition coefficient (Wildman–Crippen LogP) is 2.51. The summed E-state index contributed by atoms with van der Waals surface area (Å²) < 4.78 is 0. The maximum Gasteiger partial charge on any atom is 0.243 e. The number of likely N-dealkylation sites (tertiary alicyclic amines) is 1. The summed E-state index contributed by atoms with van der Waals surface area (Å²) in [7, 11) is 0. The van der Waals surface area contributed by atoms with E-state index in [2.05, 4.69) is 22.1 Å². The largest absolute Gasteiger partial charge is 0.301 e. The van der Waals surface area contributed by atoms with Crippen molar-refractivity contribution in [3.8, 4) is 0 Å². The Labute approximate surface area is 112 Å². The van der Waals surface area contributed by atoms with Gasteiger partial charge in [-0.05, 0) is 45.7 Å². The third-order valence-corrected chi connectivity index (χ3v) is 4.42. The van der Waals surface area contributed by atoms with Crippen molar-refractivity contribution in [3.63, 3.8) is 0 Å². The Morgan fingerprint density at radius 1 is 1.56 bits per heavy atom. The van der Waals surface area contributed by atoms with E-state index >= 15 is 0 Å². The summed E-state index contributed by atoms with van der Waals surface area (Å²) in [6.45, 7) is 8.29. The van der Waals surface area contributed by atoms with Gasteiger partial charge in [0.2, 0.25) is 5.91 Å². The molecule has 18 heavy (non-hydrogen) atoms. The first-order valence-electron chi connectivity index (χ1n) is 6.53. The molecular weight excluding hydrogens is 246 g/mol. The Balaban J connectivity index is 1.88. The van der Waals surface area contributed by atoms with Crippen molar-refractivity contribution in [1.82, 2.24) is 9.88 Å². The van der Waals surface area contributed by atoms with Crippen LogP contribution in [0.3, 0.4) is 0 Å². The first-order valence-corrected chi connectivity index (χ1v) is 7.35. The second kappa shape index (κ2) is 5.80. The molecule has 1 N–H and O–H groups in total. The van der Waals surface area contributed by atoms with Gasteiger partial charge >= 0.3 is 0 Å². The van der Waals surface area contributed by atoms with Gasteiger partial charge in [-0.3, -0.25) is 9.69 Å². The van der Waals surface area contributed by atoms with E-state index in [9.17, 15) is 4.79 Å². The summed E-state index contributed by atoms with van der Waals surface area (Å²) in [5.41, 5.74) is 0. The molecule has 1 fully saturated rings. The van der Waals surface area contributed by atoms with E-state index in [4.69, 9.17) is 0 Å². The van der Waals surface area contributed by atoms with E-state index in [0.717, 1.165) is 23.9 Å². The molecule has 1 aromatic rings. The third-order valence-electron chi connectivity index (χ3n) is 3.60. The lowest BCUT2D eigenvalue weighted by Crippen LogP contribution is -2.45. The molecule has 1 amide bonds. The van der Waals surface area contributed by atoms with E-state index in [0.29, 0.717) is 5.13 Å². The third kappa shape index (κ3) is 3.29. The number of anilines is 1. The molecule has 5 heteroatoms. The van der Waals surface area contributed by atoms with Gasteiger partial charge in [0.05, 0.1) is 6.04 Å². The van der Waals surface area contributed by atoms with Gasteiger partial charge in [0.15, 0.2) is 5.13 Å². The van der Waals surface area contributed by atoms with Gasteiger partial charge in [0.25, 0.3) is 0 Å². The van der Waals surface area contributed by atoms with Crippen molar-refractivity contribution in [2.75, 3.05) is 18.4 Å². The van der Waals surface area contributed by atoms with Gasteiger partial charge in [-0.25, -0.2) is 4.98 Å². The number of thiazole rings is 1. The van der Waals surface area contributed by atoms with Crippen molar-refractivity contribution in [3.05, 3.63) is 11.1 Å². The maximum atomic E-state index is 12.1. The lowest BCUT2D eigenvalue weighted by Gasteiger charge is -2.33. The van der Waals surface area contributed by atoms with Crippen molar-refractivity contribution in [2.45, 2.75) is 39.7 Å². The molecule has 0 bridgehead atoms. The zero-order valence-corrected chi connectivity index (χ0v) is 12.1. The monoisotopic (exact) mass is 267 g/mol. The van der Waals surface area contributed by atoms with Crippen molar-refractivity contribution in [1.29, 1.82) is 0 Å². The Hall–Kier alpha value is -0.940. The van der Waals surface area contributed by atoms with Gasteiger partial charge < -0.3 is 5.32 Å². The smallest absolute Gasteiger partial charge is 0.243 e. The number of carbonyl (C=O) groups excluding carboxylic acids is 1. The summed E-state index contributed by atoms with van der Waals surface area (Å²) in [5.74, 6) is 0.844. The van der Waals surface area contributed by atoms with Crippen molar-refractivity contribution >= 4 is 22.4 Å². The molecule has 0 unspecified atom stereocenters. The van der Waals surface area contributed by atoms with Gasteiger partial charge in [-0.2, -0.15) is 0 Å². The highest BCUT2D eigenvalue weighted by molar-refractivity contribution is 7.15. The number of hydrogen-bond donors (Lipinski definition) is 1. The van der Waals surface area contributed by atoms with E-state index in [1.165, 1.54) is 24.2 Å². The van der Waals surface area contributed by atoms with Crippen molar-refractivity contribution < 1.29 is 4.79 Å². The molecular formula is C13H21N3OS. The zero-order chi connectivity index (χ0) is 13.1. The molecule has 0 spiro atoms. The Bertz CT molecular complexity index is 410. The normalized spacial score (nSPS) is 19.7. The van der Waals surface area contributed by atoms with E-state index < -0.39 is 0 Å². The first kappa shape index (κ1) is 13.5. The number of carbonyl (C=O) groups is 1. The van der Waals surface area contributed by atoms with Crippen LogP contribution in [-0.2, 0) is 4.79 Å². The highest BCUT2D eigenvalue weighted by Gasteiger charge is 2.25. The first-order chi connectivity index (χ1) is 8.56. The van der Waals surface area contributed by atoms with Crippen LogP contribution in [0.25, 0.3) is 0 Å². The predicted molar refractivity (Wildman–Crippen MR) is 74.9 cm³/mol. The summed E-state index contributed by atoms with van der Waals surface area (Å²) in [4.78, 5) is 19.7. The van der Waals surface area contributed by atoms with Crippen LogP contribution in [0.2, 0.25) is 0 Å². The van der Waals surface area contributed by atoms with Crippen LogP contribution in [-0.4, -0.2) is 34.9 Å². The molecule has 2 rings (SSSR count). The van der Waals surface area contributed by atoms with Crippen LogP contribution >= 0.6 is 11.3 Å². The van der Waals surface area contributed by atoms with E-state index in [1.807, 2.05) is 13.8 Å². The molecule has 0 aromatic carbocycles. The number of piperidine rings is 1. The lowest BCUT2D eigenvalue weighted by atomic mass is 9.98. The minimum absolute atomic E-state index is 0.0545. The highest BCUT2D eigenvalue weighted by atomic mass is 32.1. The molecule has 1 aliphatic heterocycles. The topological polar surface area (TPSA) is 45.2 Å². The number of hydrogen-bond acceptors (Lipinski definition) is 4. The van der Waals surface area contributed by atoms with Crippen LogP contribution in [0.4, 0.5) is 5.13 Å². The number of rotatable bonds is 3. The molecule has 2 heterocycles. The molecule has 4 nitrogen and oxygen atoms in total. The number of aryl methyl sites for hydroxylation is 1.